The van der Waals surface area contributed by atoms with E-state index in [1.54, 1.807) is 36.0 Å². The molecule has 0 bridgehead atoms. The zero-order valence-corrected chi connectivity index (χ0v) is 29.9. The van der Waals surface area contributed by atoms with Crippen LogP contribution in [-0.2, 0) is 21.8 Å². The lowest BCUT2D eigenvalue weighted by atomic mass is 10.1. The summed E-state index contributed by atoms with van der Waals surface area (Å²) in [6.45, 7) is 9.31. The summed E-state index contributed by atoms with van der Waals surface area (Å²) < 4.78 is 23.2. The first-order valence-corrected chi connectivity index (χ1v) is 18.3. The molecule has 0 radical (unpaired) electrons. The van der Waals surface area contributed by atoms with E-state index in [1.807, 2.05) is 29.0 Å². The standard InChI is InChI=1S/C37H40Cl2N6O3S/c1-3-27(2)45-20-21-49-36(45)41-29-5-7-30(8-6-29)43-16-18-44(19-17-43)31-9-11-32(12-10-31)46-23-33-24-47-37(48-33,25-42-15-14-40-26-42)34-13-4-28(38)22-35(34)39/h4-15,20-22,26-27,33H,3,16-19,23-25H2,1-2H3/t27?,33-,37-/m1/s1. The molecule has 4 heterocycles. The molecule has 0 N–H and O–H groups in total. The van der Waals surface area contributed by atoms with Gasteiger partial charge in [0.1, 0.15) is 18.5 Å². The Balaban J connectivity index is 0.923. The van der Waals surface area contributed by atoms with Crippen molar-refractivity contribution in [2.75, 3.05) is 49.2 Å². The second-order valence-corrected chi connectivity index (χ2v) is 14.1. The molecule has 2 fully saturated rings. The number of halogens is 2. The molecule has 0 amide bonds. The molecule has 49 heavy (non-hydrogen) atoms. The molecule has 256 valence electrons. The van der Waals surface area contributed by atoms with Gasteiger partial charge >= 0.3 is 0 Å². The smallest absolute Gasteiger partial charge is 0.215 e. The number of nitrogens with zero attached hydrogens (tertiary/aromatic N) is 6. The lowest BCUT2D eigenvalue weighted by Crippen LogP contribution is -2.46. The van der Waals surface area contributed by atoms with E-state index in [0.717, 1.165) is 54.4 Å². The van der Waals surface area contributed by atoms with Crippen molar-refractivity contribution in [1.82, 2.24) is 14.1 Å². The summed E-state index contributed by atoms with van der Waals surface area (Å²) in [5, 5.41) is 3.14. The Labute approximate surface area is 300 Å². The second kappa shape index (κ2) is 15.0. The number of imidazole rings is 1. The van der Waals surface area contributed by atoms with Gasteiger partial charge in [0.2, 0.25) is 5.79 Å². The molecule has 12 heteroatoms. The van der Waals surface area contributed by atoms with Gasteiger partial charge in [0, 0.05) is 78.2 Å². The third kappa shape index (κ3) is 7.69. The van der Waals surface area contributed by atoms with Crippen molar-refractivity contribution in [1.29, 1.82) is 0 Å². The molecule has 2 aliphatic rings. The maximum Gasteiger partial charge on any atom is 0.215 e. The summed E-state index contributed by atoms with van der Waals surface area (Å²) in [6, 6.07) is 22.7. The summed E-state index contributed by atoms with van der Waals surface area (Å²) in [4.78, 5) is 15.0. The molecule has 3 aromatic carbocycles. The van der Waals surface area contributed by atoms with Gasteiger partial charge in [-0.25, -0.2) is 9.98 Å². The van der Waals surface area contributed by atoms with Crippen LogP contribution < -0.4 is 19.3 Å². The molecule has 0 spiro atoms. The average molecular weight is 720 g/mol. The van der Waals surface area contributed by atoms with E-state index in [4.69, 9.17) is 42.4 Å². The van der Waals surface area contributed by atoms with E-state index in [9.17, 15) is 0 Å². The molecular weight excluding hydrogens is 679 g/mol. The molecule has 9 nitrogen and oxygen atoms in total. The lowest BCUT2D eigenvalue weighted by Gasteiger charge is -2.37. The normalized spacial score (nSPS) is 20.6. The van der Waals surface area contributed by atoms with Crippen molar-refractivity contribution >= 4 is 51.6 Å². The van der Waals surface area contributed by atoms with Crippen molar-refractivity contribution in [3.63, 3.8) is 0 Å². The highest BCUT2D eigenvalue weighted by Crippen LogP contribution is 2.40. The van der Waals surface area contributed by atoms with Gasteiger partial charge in [0.25, 0.3) is 0 Å². The van der Waals surface area contributed by atoms with Gasteiger partial charge in [0.15, 0.2) is 4.80 Å². The molecule has 2 saturated heterocycles. The van der Waals surface area contributed by atoms with Crippen LogP contribution in [0.1, 0.15) is 31.9 Å². The highest BCUT2D eigenvalue weighted by atomic mass is 35.5. The Bertz CT molecular complexity index is 1890. The molecule has 2 aliphatic heterocycles. The first-order chi connectivity index (χ1) is 23.9. The van der Waals surface area contributed by atoms with Gasteiger partial charge in [-0.2, -0.15) is 0 Å². The van der Waals surface area contributed by atoms with Gasteiger partial charge in [-0.05, 0) is 74.0 Å². The number of benzene rings is 3. The van der Waals surface area contributed by atoms with Crippen LogP contribution in [0.4, 0.5) is 17.1 Å². The monoisotopic (exact) mass is 718 g/mol. The number of thiazole rings is 1. The van der Waals surface area contributed by atoms with E-state index < -0.39 is 5.79 Å². The summed E-state index contributed by atoms with van der Waals surface area (Å²) in [5.41, 5.74) is 4.12. The van der Waals surface area contributed by atoms with E-state index >= 15 is 0 Å². The van der Waals surface area contributed by atoms with E-state index in [0.29, 0.717) is 35.8 Å². The van der Waals surface area contributed by atoms with Crippen molar-refractivity contribution in [3.05, 3.63) is 117 Å². The van der Waals surface area contributed by atoms with Gasteiger partial charge < -0.3 is 33.1 Å². The first kappa shape index (κ1) is 33.7. The van der Waals surface area contributed by atoms with Crippen LogP contribution in [0, 0.1) is 0 Å². The lowest BCUT2D eigenvalue weighted by molar-refractivity contribution is -0.189. The van der Waals surface area contributed by atoms with Crippen molar-refractivity contribution in [2.24, 2.45) is 4.99 Å². The third-order valence-electron chi connectivity index (χ3n) is 9.19. The van der Waals surface area contributed by atoms with Crippen LogP contribution in [0.3, 0.4) is 0 Å². The van der Waals surface area contributed by atoms with Crippen molar-refractivity contribution < 1.29 is 14.2 Å². The number of hydrogen-bond acceptors (Lipinski definition) is 8. The van der Waals surface area contributed by atoms with E-state index in [2.05, 4.69) is 81.2 Å². The predicted octanol–water partition coefficient (Wildman–Crippen LogP) is 7.93. The average Bonchev–Trinajstić information content (AvgIpc) is 3.90. The first-order valence-electron chi connectivity index (χ1n) is 16.7. The fraction of sp³-hybridized carbons (Fsp3) is 0.351. The second-order valence-electron chi connectivity index (χ2n) is 12.4. The Hall–Kier alpha value is -3.80. The van der Waals surface area contributed by atoms with E-state index in [-0.39, 0.29) is 6.10 Å². The third-order valence-corrected chi connectivity index (χ3v) is 10.5. The number of ether oxygens (including phenoxy) is 3. The highest BCUT2D eigenvalue weighted by Gasteiger charge is 2.45. The zero-order valence-electron chi connectivity index (χ0n) is 27.6. The molecular formula is C37H40Cl2N6O3S. The Morgan fingerprint density at radius 1 is 0.980 bits per heavy atom. The number of piperazine rings is 1. The van der Waals surface area contributed by atoms with Crippen LogP contribution in [0.5, 0.6) is 5.75 Å². The van der Waals surface area contributed by atoms with Crippen LogP contribution in [0.2, 0.25) is 10.0 Å². The maximum atomic E-state index is 6.61. The van der Waals surface area contributed by atoms with Crippen LogP contribution in [0.25, 0.3) is 0 Å². The summed E-state index contributed by atoms with van der Waals surface area (Å²) in [6.07, 6.45) is 8.24. The maximum absolute atomic E-state index is 6.61. The van der Waals surface area contributed by atoms with Crippen molar-refractivity contribution in [2.45, 2.75) is 44.7 Å². The Morgan fingerprint density at radius 3 is 2.35 bits per heavy atom. The zero-order chi connectivity index (χ0) is 33.8. The van der Waals surface area contributed by atoms with Gasteiger partial charge in [-0.3, -0.25) is 0 Å². The quantitative estimate of drug-likeness (QED) is 0.138. The Morgan fingerprint density at radius 2 is 1.69 bits per heavy atom. The summed E-state index contributed by atoms with van der Waals surface area (Å²) >= 11 is 14.5. The van der Waals surface area contributed by atoms with E-state index in [1.165, 1.54) is 11.4 Å². The molecule has 1 unspecified atom stereocenters. The minimum Gasteiger partial charge on any atom is -0.491 e. The minimum absolute atomic E-state index is 0.289. The predicted molar refractivity (Wildman–Crippen MR) is 197 cm³/mol. The van der Waals surface area contributed by atoms with Crippen LogP contribution >= 0.6 is 34.5 Å². The fourth-order valence-corrected chi connectivity index (χ4v) is 7.67. The topological polar surface area (TPSA) is 69.3 Å². The molecule has 0 saturated carbocycles. The van der Waals surface area contributed by atoms with Gasteiger partial charge in [0.05, 0.1) is 30.2 Å². The molecule has 0 aliphatic carbocycles. The SMILES string of the molecule is CCC(C)n1ccsc1=Nc1ccc(N2CCN(c3ccc(OC[C@@H]4CO[C@@](Cn5ccnc5)(c5ccc(Cl)cc5Cl)O4)cc3)CC2)cc1. The van der Waals surface area contributed by atoms with Crippen LogP contribution in [0.15, 0.2) is 102 Å². The van der Waals surface area contributed by atoms with Crippen LogP contribution in [-0.4, -0.2) is 59.6 Å². The number of anilines is 2. The molecule has 5 aromatic rings. The van der Waals surface area contributed by atoms with Gasteiger partial charge in [-0.1, -0.05) is 36.2 Å². The van der Waals surface area contributed by atoms with Gasteiger partial charge in [-0.15, -0.1) is 11.3 Å². The minimum atomic E-state index is -1.08. The highest BCUT2D eigenvalue weighted by molar-refractivity contribution is 7.07. The number of rotatable bonds is 11. The number of hydrogen-bond donors (Lipinski definition) is 0. The Kier molecular flexibility index (Phi) is 10.3. The molecule has 2 aromatic heterocycles. The molecule has 3 atom stereocenters. The summed E-state index contributed by atoms with van der Waals surface area (Å²) in [7, 11) is 0. The molecule has 7 rings (SSSR count). The van der Waals surface area contributed by atoms with Crippen molar-refractivity contribution in [3.8, 4) is 5.75 Å². The fourth-order valence-electron chi connectivity index (χ4n) is 6.29. The summed E-state index contributed by atoms with van der Waals surface area (Å²) in [5.74, 6) is -0.300. The largest absolute Gasteiger partial charge is 0.491 e. The number of aromatic nitrogens is 3.